The second-order valence-electron chi connectivity index (χ2n) is 6.94. The zero-order valence-corrected chi connectivity index (χ0v) is 15.1. The number of carboxylic acids is 1. The van der Waals surface area contributed by atoms with E-state index < -0.39 is 18.0 Å². The first-order chi connectivity index (χ1) is 11.2. The summed E-state index contributed by atoms with van der Waals surface area (Å²) in [6.45, 7) is 10.3. The van der Waals surface area contributed by atoms with Crippen LogP contribution in [-0.2, 0) is 9.59 Å². The van der Waals surface area contributed by atoms with E-state index in [0.717, 1.165) is 5.56 Å². The van der Waals surface area contributed by atoms with Crippen molar-refractivity contribution in [2.75, 3.05) is 6.54 Å². The SMILES string of the molecule is Cc1cc(OC(C)C(=O)N2CCC(C(=O)O)C2C)ccc1C(C)C. The lowest BCUT2D eigenvalue weighted by atomic mass is 9.98. The Labute approximate surface area is 143 Å². The van der Waals surface area contributed by atoms with E-state index in [1.807, 2.05) is 25.1 Å². The molecule has 1 aliphatic rings. The average molecular weight is 333 g/mol. The fourth-order valence-electron chi connectivity index (χ4n) is 3.44. The maximum atomic E-state index is 12.6. The lowest BCUT2D eigenvalue weighted by molar-refractivity contribution is -0.144. The number of carbonyl (C=O) groups is 2. The topological polar surface area (TPSA) is 66.8 Å². The van der Waals surface area contributed by atoms with Crippen LogP contribution in [0, 0.1) is 12.8 Å². The van der Waals surface area contributed by atoms with Crippen LogP contribution >= 0.6 is 0 Å². The lowest BCUT2D eigenvalue weighted by Gasteiger charge is -2.26. The van der Waals surface area contributed by atoms with Gasteiger partial charge in [0.05, 0.1) is 5.92 Å². The van der Waals surface area contributed by atoms with E-state index in [9.17, 15) is 14.7 Å². The van der Waals surface area contributed by atoms with Crippen molar-refractivity contribution in [2.24, 2.45) is 5.92 Å². The van der Waals surface area contributed by atoms with Gasteiger partial charge in [-0.2, -0.15) is 0 Å². The summed E-state index contributed by atoms with van der Waals surface area (Å²) in [5, 5.41) is 9.19. The summed E-state index contributed by atoms with van der Waals surface area (Å²) in [7, 11) is 0. The Kier molecular flexibility index (Phi) is 5.52. The van der Waals surface area contributed by atoms with Crippen molar-refractivity contribution in [3.8, 4) is 5.75 Å². The van der Waals surface area contributed by atoms with Gasteiger partial charge in [-0.05, 0) is 56.4 Å². The van der Waals surface area contributed by atoms with Crippen molar-refractivity contribution in [2.45, 2.75) is 59.1 Å². The highest BCUT2D eigenvalue weighted by Gasteiger charge is 2.39. The van der Waals surface area contributed by atoms with Crippen molar-refractivity contribution >= 4 is 11.9 Å². The molecule has 132 valence electrons. The van der Waals surface area contributed by atoms with E-state index in [1.165, 1.54) is 5.56 Å². The Morgan fingerprint density at radius 1 is 1.29 bits per heavy atom. The molecular weight excluding hydrogens is 306 g/mol. The molecule has 1 aromatic carbocycles. The standard InChI is InChI=1S/C19H27NO4/c1-11(2)16-7-6-15(10-12(16)3)24-14(5)18(21)20-9-8-17(13(20)4)19(22)23/h6-7,10-11,13-14,17H,8-9H2,1-5H3,(H,22,23). The third-order valence-corrected chi connectivity index (χ3v) is 4.88. The Morgan fingerprint density at radius 3 is 2.46 bits per heavy atom. The number of carbonyl (C=O) groups excluding carboxylic acids is 1. The Hall–Kier alpha value is -2.04. The summed E-state index contributed by atoms with van der Waals surface area (Å²) in [6, 6.07) is 5.57. The number of likely N-dealkylation sites (tertiary alicyclic amines) is 1. The highest BCUT2D eigenvalue weighted by molar-refractivity contribution is 5.83. The molecule has 1 aromatic rings. The summed E-state index contributed by atoms with van der Waals surface area (Å²) >= 11 is 0. The number of hydrogen-bond acceptors (Lipinski definition) is 3. The highest BCUT2D eigenvalue weighted by atomic mass is 16.5. The minimum atomic E-state index is -0.841. The van der Waals surface area contributed by atoms with Gasteiger partial charge in [0.25, 0.3) is 5.91 Å². The molecule has 3 unspecified atom stereocenters. The van der Waals surface area contributed by atoms with Crippen molar-refractivity contribution in [1.29, 1.82) is 0 Å². The molecule has 1 saturated heterocycles. The number of rotatable bonds is 5. The second-order valence-corrected chi connectivity index (χ2v) is 6.94. The number of aliphatic carboxylic acids is 1. The molecular formula is C19H27NO4. The Bertz CT molecular complexity index is 626. The summed E-state index contributed by atoms with van der Waals surface area (Å²) in [4.78, 5) is 25.4. The van der Waals surface area contributed by atoms with Crippen LogP contribution in [0.5, 0.6) is 5.75 Å². The Balaban J connectivity index is 2.04. The van der Waals surface area contributed by atoms with Crippen LogP contribution in [0.3, 0.4) is 0 Å². The fraction of sp³-hybridized carbons (Fsp3) is 0.579. The minimum Gasteiger partial charge on any atom is -0.481 e. The van der Waals surface area contributed by atoms with Gasteiger partial charge in [-0.15, -0.1) is 0 Å². The molecule has 1 aliphatic heterocycles. The molecule has 1 fully saturated rings. The monoisotopic (exact) mass is 333 g/mol. The first-order valence-electron chi connectivity index (χ1n) is 8.52. The summed E-state index contributed by atoms with van der Waals surface area (Å²) in [6.07, 6.45) is -0.138. The molecule has 5 nitrogen and oxygen atoms in total. The van der Waals surface area contributed by atoms with Crippen LogP contribution in [0.15, 0.2) is 18.2 Å². The predicted octanol–water partition coefficient (Wildman–Crippen LogP) is 3.21. The van der Waals surface area contributed by atoms with Gasteiger partial charge >= 0.3 is 5.97 Å². The van der Waals surface area contributed by atoms with E-state index in [2.05, 4.69) is 13.8 Å². The van der Waals surface area contributed by atoms with Crippen LogP contribution in [0.25, 0.3) is 0 Å². The highest BCUT2D eigenvalue weighted by Crippen LogP contribution is 2.27. The largest absolute Gasteiger partial charge is 0.481 e. The number of benzene rings is 1. The minimum absolute atomic E-state index is 0.156. The van der Waals surface area contributed by atoms with Gasteiger partial charge in [-0.3, -0.25) is 9.59 Å². The molecule has 1 heterocycles. The van der Waals surface area contributed by atoms with Gasteiger partial charge in [0.2, 0.25) is 0 Å². The third kappa shape index (κ3) is 3.71. The molecule has 0 aliphatic carbocycles. The maximum Gasteiger partial charge on any atom is 0.308 e. The Morgan fingerprint density at radius 2 is 1.96 bits per heavy atom. The first kappa shape index (κ1) is 18.3. The average Bonchev–Trinajstić information content (AvgIpc) is 2.87. The molecule has 1 amide bonds. The fourth-order valence-corrected chi connectivity index (χ4v) is 3.44. The number of ether oxygens (including phenoxy) is 1. The third-order valence-electron chi connectivity index (χ3n) is 4.88. The van der Waals surface area contributed by atoms with Crippen molar-refractivity contribution in [1.82, 2.24) is 4.90 Å². The van der Waals surface area contributed by atoms with Gasteiger partial charge < -0.3 is 14.7 Å². The van der Waals surface area contributed by atoms with Crippen LogP contribution in [-0.4, -0.2) is 40.6 Å². The number of carboxylic acid groups (broad SMARTS) is 1. The molecule has 0 spiro atoms. The van der Waals surface area contributed by atoms with Crippen molar-refractivity contribution in [3.63, 3.8) is 0 Å². The summed E-state index contributed by atoms with van der Waals surface area (Å²) in [5.74, 6) is -0.382. The van der Waals surface area contributed by atoms with Gasteiger partial charge in [-0.1, -0.05) is 19.9 Å². The van der Waals surface area contributed by atoms with Crippen LogP contribution in [0.2, 0.25) is 0 Å². The van der Waals surface area contributed by atoms with Crippen LogP contribution in [0.4, 0.5) is 0 Å². The maximum absolute atomic E-state index is 12.6. The van der Waals surface area contributed by atoms with Crippen LogP contribution in [0.1, 0.15) is 51.2 Å². The lowest BCUT2D eigenvalue weighted by Crippen LogP contribution is -2.44. The van der Waals surface area contributed by atoms with E-state index >= 15 is 0 Å². The van der Waals surface area contributed by atoms with E-state index in [0.29, 0.717) is 24.6 Å². The van der Waals surface area contributed by atoms with Crippen LogP contribution < -0.4 is 4.74 Å². The molecule has 2 rings (SSSR count). The first-order valence-corrected chi connectivity index (χ1v) is 8.52. The predicted molar refractivity (Wildman–Crippen MR) is 92.3 cm³/mol. The summed E-state index contributed by atoms with van der Waals surface area (Å²) < 4.78 is 5.81. The van der Waals surface area contributed by atoms with Crippen molar-refractivity contribution < 1.29 is 19.4 Å². The number of nitrogens with zero attached hydrogens (tertiary/aromatic N) is 1. The molecule has 0 aromatic heterocycles. The number of amides is 1. The van der Waals surface area contributed by atoms with Gasteiger partial charge in [-0.25, -0.2) is 0 Å². The molecule has 1 N–H and O–H groups in total. The molecule has 0 saturated carbocycles. The molecule has 0 radical (unpaired) electrons. The van der Waals surface area contributed by atoms with E-state index in [-0.39, 0.29) is 11.9 Å². The second kappa shape index (κ2) is 7.24. The van der Waals surface area contributed by atoms with E-state index in [4.69, 9.17) is 4.74 Å². The quantitative estimate of drug-likeness (QED) is 0.898. The normalized spacial score (nSPS) is 21.8. The molecule has 5 heteroatoms. The smallest absolute Gasteiger partial charge is 0.308 e. The van der Waals surface area contributed by atoms with Crippen molar-refractivity contribution in [3.05, 3.63) is 29.3 Å². The summed E-state index contributed by atoms with van der Waals surface area (Å²) in [5.41, 5.74) is 2.40. The van der Waals surface area contributed by atoms with Gasteiger partial charge in [0.15, 0.2) is 6.10 Å². The van der Waals surface area contributed by atoms with E-state index in [1.54, 1.807) is 18.7 Å². The van der Waals surface area contributed by atoms with Gasteiger partial charge in [0, 0.05) is 12.6 Å². The molecule has 0 bridgehead atoms. The number of aryl methyl sites for hydroxylation is 1. The molecule has 24 heavy (non-hydrogen) atoms. The number of hydrogen-bond donors (Lipinski definition) is 1. The zero-order valence-electron chi connectivity index (χ0n) is 15.1. The molecule has 3 atom stereocenters. The van der Waals surface area contributed by atoms with Gasteiger partial charge in [0.1, 0.15) is 5.75 Å². The zero-order chi connectivity index (χ0) is 18.0.